The molecular formula is C20H22N2O3. The van der Waals surface area contributed by atoms with Crippen LogP contribution in [-0.2, 0) is 20.9 Å². The Morgan fingerprint density at radius 1 is 0.960 bits per heavy atom. The third kappa shape index (κ3) is 2.29. The van der Waals surface area contributed by atoms with Crippen LogP contribution in [-0.4, -0.2) is 45.0 Å². The van der Waals surface area contributed by atoms with Crippen molar-refractivity contribution in [1.29, 1.82) is 0 Å². The van der Waals surface area contributed by atoms with Gasteiger partial charge in [0.1, 0.15) is 0 Å². The SMILES string of the molecule is CC(C)(C)N1C(=O)C2C(C1=O)[C@@H]1C=CC(=O)[C@H]2N1Cc1ccccc1. The standard InChI is InChI=1S/C20H22N2O3/c1-20(2,3)22-18(24)15-13-9-10-14(23)17(16(15)19(22)25)21(13)11-12-7-5-4-6-8-12/h4-10,13,15-17H,11H2,1-3H3/t13-,15?,16?,17+/m0/s1. The second-order valence-electron chi connectivity index (χ2n) is 8.09. The smallest absolute Gasteiger partial charge is 0.235 e. The molecule has 0 N–H and O–H groups in total. The summed E-state index contributed by atoms with van der Waals surface area (Å²) in [6.07, 6.45) is 3.36. The first-order chi connectivity index (χ1) is 11.8. The van der Waals surface area contributed by atoms with Crippen molar-refractivity contribution in [3.63, 3.8) is 0 Å². The van der Waals surface area contributed by atoms with E-state index in [1.54, 1.807) is 6.08 Å². The molecule has 5 heteroatoms. The Balaban J connectivity index is 1.72. The molecule has 3 aliphatic heterocycles. The highest BCUT2D eigenvalue weighted by atomic mass is 16.2. The monoisotopic (exact) mass is 338 g/mol. The molecule has 130 valence electrons. The minimum atomic E-state index is -0.567. The minimum absolute atomic E-state index is 0.0726. The Kier molecular flexibility index (Phi) is 3.48. The van der Waals surface area contributed by atoms with Crippen molar-refractivity contribution >= 4 is 17.6 Å². The van der Waals surface area contributed by atoms with Crippen LogP contribution in [0.4, 0.5) is 0 Å². The molecule has 3 heterocycles. The molecule has 25 heavy (non-hydrogen) atoms. The molecular weight excluding hydrogens is 316 g/mol. The number of hydrogen-bond acceptors (Lipinski definition) is 4. The van der Waals surface area contributed by atoms with Crippen LogP contribution < -0.4 is 0 Å². The average molecular weight is 338 g/mol. The zero-order valence-electron chi connectivity index (χ0n) is 14.7. The summed E-state index contributed by atoms with van der Waals surface area (Å²) >= 11 is 0. The van der Waals surface area contributed by atoms with Crippen molar-refractivity contribution in [3.05, 3.63) is 48.0 Å². The van der Waals surface area contributed by atoms with Gasteiger partial charge in [-0.15, -0.1) is 0 Å². The Bertz CT molecular complexity index is 778. The summed E-state index contributed by atoms with van der Waals surface area (Å²) in [5.41, 5.74) is 0.511. The van der Waals surface area contributed by atoms with Gasteiger partial charge in [0.25, 0.3) is 0 Å². The van der Waals surface area contributed by atoms with Crippen LogP contribution in [0.25, 0.3) is 0 Å². The van der Waals surface area contributed by atoms with E-state index in [2.05, 4.69) is 0 Å². The van der Waals surface area contributed by atoms with E-state index < -0.39 is 23.4 Å². The maximum Gasteiger partial charge on any atom is 0.235 e. The number of amides is 2. The number of ketones is 1. The summed E-state index contributed by atoms with van der Waals surface area (Å²) in [4.78, 5) is 42.0. The van der Waals surface area contributed by atoms with Gasteiger partial charge in [0.15, 0.2) is 5.78 Å². The number of hydrogen-bond donors (Lipinski definition) is 0. The molecule has 2 fully saturated rings. The number of rotatable bonds is 2. The van der Waals surface area contributed by atoms with Gasteiger partial charge < -0.3 is 0 Å². The fraction of sp³-hybridized carbons (Fsp3) is 0.450. The van der Waals surface area contributed by atoms with E-state index >= 15 is 0 Å². The highest BCUT2D eigenvalue weighted by Gasteiger charge is 2.65. The molecule has 2 unspecified atom stereocenters. The molecule has 1 aromatic rings. The first kappa shape index (κ1) is 16.2. The summed E-state index contributed by atoms with van der Waals surface area (Å²) in [5, 5.41) is 0. The van der Waals surface area contributed by atoms with E-state index in [9.17, 15) is 14.4 Å². The van der Waals surface area contributed by atoms with Crippen molar-refractivity contribution in [2.75, 3.05) is 0 Å². The van der Waals surface area contributed by atoms with Gasteiger partial charge in [-0.1, -0.05) is 36.4 Å². The number of benzene rings is 1. The quantitative estimate of drug-likeness (QED) is 0.772. The fourth-order valence-corrected chi connectivity index (χ4v) is 4.52. The number of imide groups is 1. The number of nitrogens with zero attached hydrogens (tertiary/aromatic N) is 2. The van der Waals surface area contributed by atoms with Crippen LogP contribution in [0.1, 0.15) is 26.3 Å². The first-order valence-corrected chi connectivity index (χ1v) is 8.70. The Labute approximate surface area is 147 Å². The zero-order chi connectivity index (χ0) is 17.9. The lowest BCUT2D eigenvalue weighted by atomic mass is 9.90. The molecule has 2 bridgehead atoms. The summed E-state index contributed by atoms with van der Waals surface area (Å²) < 4.78 is 0. The van der Waals surface area contributed by atoms with Crippen LogP contribution >= 0.6 is 0 Å². The highest BCUT2D eigenvalue weighted by molar-refractivity contribution is 6.12. The Morgan fingerprint density at radius 2 is 1.60 bits per heavy atom. The topological polar surface area (TPSA) is 57.7 Å². The molecule has 5 nitrogen and oxygen atoms in total. The van der Waals surface area contributed by atoms with Crippen LogP contribution in [0, 0.1) is 11.8 Å². The molecule has 0 aromatic heterocycles. The van der Waals surface area contributed by atoms with Crippen LogP contribution in [0.15, 0.2) is 42.5 Å². The van der Waals surface area contributed by atoms with Crippen LogP contribution in [0.5, 0.6) is 0 Å². The number of carbonyl (C=O) groups is 3. The largest absolute Gasteiger partial charge is 0.293 e. The maximum absolute atomic E-state index is 13.0. The van der Waals surface area contributed by atoms with Gasteiger partial charge in [0.05, 0.1) is 17.9 Å². The summed E-state index contributed by atoms with van der Waals surface area (Å²) in [7, 11) is 0. The van der Waals surface area contributed by atoms with Crippen molar-refractivity contribution in [2.24, 2.45) is 11.8 Å². The normalized spacial score (nSPS) is 31.8. The van der Waals surface area contributed by atoms with E-state index in [0.717, 1.165) is 5.56 Å². The van der Waals surface area contributed by atoms with E-state index in [1.807, 2.05) is 62.1 Å². The second kappa shape index (κ2) is 5.36. The van der Waals surface area contributed by atoms with E-state index in [4.69, 9.17) is 0 Å². The maximum atomic E-state index is 13.0. The number of fused-ring (bicyclic) bond motifs is 5. The summed E-state index contributed by atoms with van der Waals surface area (Å²) in [6.45, 7) is 6.15. The van der Waals surface area contributed by atoms with Crippen molar-refractivity contribution in [2.45, 2.75) is 44.9 Å². The van der Waals surface area contributed by atoms with Crippen LogP contribution in [0.3, 0.4) is 0 Å². The lowest BCUT2D eigenvalue weighted by molar-refractivity contribution is -0.148. The third-order valence-electron chi connectivity index (χ3n) is 5.47. The predicted molar refractivity (Wildman–Crippen MR) is 92.3 cm³/mol. The molecule has 2 amide bonds. The zero-order valence-corrected chi connectivity index (χ0v) is 14.7. The summed E-state index contributed by atoms with van der Waals surface area (Å²) in [6, 6.07) is 9.13. The molecule has 1 aromatic carbocycles. The molecule has 3 aliphatic rings. The van der Waals surface area contributed by atoms with Crippen molar-refractivity contribution in [3.8, 4) is 0 Å². The first-order valence-electron chi connectivity index (χ1n) is 8.70. The Hall–Kier alpha value is -2.27. The van der Waals surface area contributed by atoms with Gasteiger partial charge in [-0.2, -0.15) is 0 Å². The van der Waals surface area contributed by atoms with Gasteiger partial charge in [-0.05, 0) is 32.4 Å². The lowest BCUT2D eigenvalue weighted by Gasteiger charge is -2.36. The lowest BCUT2D eigenvalue weighted by Crippen LogP contribution is -2.52. The van der Waals surface area contributed by atoms with Gasteiger partial charge >= 0.3 is 0 Å². The van der Waals surface area contributed by atoms with Gasteiger partial charge in [0.2, 0.25) is 11.8 Å². The molecule has 0 radical (unpaired) electrons. The molecule has 0 spiro atoms. The third-order valence-corrected chi connectivity index (χ3v) is 5.47. The molecule has 4 atom stereocenters. The highest BCUT2D eigenvalue weighted by Crippen LogP contribution is 2.47. The van der Waals surface area contributed by atoms with E-state index in [-0.39, 0.29) is 23.6 Å². The van der Waals surface area contributed by atoms with Gasteiger partial charge in [-0.25, -0.2) is 0 Å². The van der Waals surface area contributed by atoms with E-state index in [1.165, 1.54) is 4.90 Å². The molecule has 0 saturated carbocycles. The number of carbonyl (C=O) groups excluding carboxylic acids is 3. The minimum Gasteiger partial charge on any atom is -0.293 e. The second-order valence-corrected chi connectivity index (χ2v) is 8.09. The summed E-state index contributed by atoms with van der Waals surface area (Å²) in [5.74, 6) is -1.44. The fourth-order valence-electron chi connectivity index (χ4n) is 4.52. The molecule has 4 rings (SSSR count). The molecule has 2 saturated heterocycles. The van der Waals surface area contributed by atoms with E-state index in [0.29, 0.717) is 6.54 Å². The van der Waals surface area contributed by atoms with Crippen molar-refractivity contribution in [1.82, 2.24) is 9.80 Å². The van der Waals surface area contributed by atoms with Crippen LogP contribution in [0.2, 0.25) is 0 Å². The van der Waals surface area contributed by atoms with Gasteiger partial charge in [0, 0.05) is 18.1 Å². The predicted octanol–water partition coefficient (Wildman–Crippen LogP) is 1.78. The Morgan fingerprint density at radius 3 is 2.24 bits per heavy atom. The van der Waals surface area contributed by atoms with Gasteiger partial charge in [-0.3, -0.25) is 24.2 Å². The van der Waals surface area contributed by atoms with Crippen molar-refractivity contribution < 1.29 is 14.4 Å². The average Bonchev–Trinajstić information content (AvgIpc) is 2.92. The number of likely N-dealkylation sites (tertiary alicyclic amines) is 1. The molecule has 0 aliphatic carbocycles.